The molecule has 22 heavy (non-hydrogen) atoms. The maximum atomic E-state index is 12.4. The van der Waals surface area contributed by atoms with E-state index < -0.39 is 5.91 Å². The van der Waals surface area contributed by atoms with Gasteiger partial charge in [-0.05, 0) is 48.9 Å². The summed E-state index contributed by atoms with van der Waals surface area (Å²) >= 11 is 0. The van der Waals surface area contributed by atoms with Crippen LogP contribution in [-0.2, 0) is 11.2 Å². The summed E-state index contributed by atoms with van der Waals surface area (Å²) < 4.78 is 0. The molecule has 0 aromatic heterocycles. The summed E-state index contributed by atoms with van der Waals surface area (Å²) in [6, 6.07) is 5.35. The molecule has 3 N–H and O–H groups in total. The van der Waals surface area contributed by atoms with E-state index in [0.29, 0.717) is 5.56 Å². The van der Waals surface area contributed by atoms with E-state index in [9.17, 15) is 9.59 Å². The van der Waals surface area contributed by atoms with Gasteiger partial charge in [-0.1, -0.05) is 26.8 Å². The zero-order valence-electron chi connectivity index (χ0n) is 13.4. The Hall–Kier alpha value is -1.88. The topological polar surface area (TPSA) is 78.4 Å². The van der Waals surface area contributed by atoms with Crippen LogP contribution in [0.5, 0.6) is 0 Å². The normalized spacial score (nSPS) is 17.5. The van der Waals surface area contributed by atoms with Gasteiger partial charge in [0.05, 0.1) is 6.04 Å². The van der Waals surface area contributed by atoms with E-state index in [0.717, 1.165) is 36.8 Å². The Morgan fingerprint density at radius 1 is 1.36 bits per heavy atom. The predicted octanol–water partition coefficient (Wildman–Crippen LogP) is 2.74. The molecule has 2 rings (SSSR count). The molecule has 2 amide bonds. The Morgan fingerprint density at radius 2 is 2.09 bits per heavy atom. The molecule has 0 saturated heterocycles. The van der Waals surface area contributed by atoms with Crippen LogP contribution in [-0.4, -0.2) is 17.0 Å². The monoisotopic (exact) mass is 304 g/mol. The standard InChI is InChI=1S/C17H24N2O3/c1-4-17(2,3)16(21)18-14-7-5-6-11-10-12(15(20)19-22)8-9-13(11)14/h8-10,14,22H,4-7H2,1-3H3,(H,18,21)(H,19,20). The fourth-order valence-electron chi connectivity index (χ4n) is 2.68. The van der Waals surface area contributed by atoms with Gasteiger partial charge in [0.25, 0.3) is 5.91 Å². The number of hydrogen-bond acceptors (Lipinski definition) is 3. The summed E-state index contributed by atoms with van der Waals surface area (Å²) in [6.45, 7) is 5.90. The molecular weight excluding hydrogens is 280 g/mol. The van der Waals surface area contributed by atoms with Crippen LogP contribution in [0, 0.1) is 5.41 Å². The third-order valence-corrected chi connectivity index (χ3v) is 4.62. The summed E-state index contributed by atoms with van der Waals surface area (Å²) in [6.07, 6.45) is 3.54. The molecule has 1 unspecified atom stereocenters. The number of hydroxylamine groups is 1. The van der Waals surface area contributed by atoms with Gasteiger partial charge in [-0.15, -0.1) is 0 Å². The lowest BCUT2D eigenvalue weighted by molar-refractivity contribution is -0.130. The minimum absolute atomic E-state index is 0.00619. The van der Waals surface area contributed by atoms with E-state index in [1.54, 1.807) is 17.6 Å². The van der Waals surface area contributed by atoms with Gasteiger partial charge in [0.1, 0.15) is 0 Å². The Balaban J connectivity index is 2.22. The van der Waals surface area contributed by atoms with Crippen molar-refractivity contribution in [2.24, 2.45) is 5.41 Å². The molecule has 5 nitrogen and oxygen atoms in total. The predicted molar refractivity (Wildman–Crippen MR) is 83.6 cm³/mol. The lowest BCUT2D eigenvalue weighted by Gasteiger charge is -2.30. The number of aryl methyl sites for hydroxylation is 1. The number of amides is 2. The highest BCUT2D eigenvalue weighted by atomic mass is 16.5. The van der Waals surface area contributed by atoms with Crippen molar-refractivity contribution >= 4 is 11.8 Å². The van der Waals surface area contributed by atoms with Crippen LogP contribution in [0.3, 0.4) is 0 Å². The molecule has 0 radical (unpaired) electrons. The molecule has 1 atom stereocenters. The van der Waals surface area contributed by atoms with Crippen molar-refractivity contribution in [3.05, 3.63) is 34.9 Å². The molecule has 1 aliphatic rings. The van der Waals surface area contributed by atoms with Crippen molar-refractivity contribution in [2.45, 2.75) is 52.5 Å². The molecule has 0 spiro atoms. The van der Waals surface area contributed by atoms with Crippen molar-refractivity contribution in [2.75, 3.05) is 0 Å². The van der Waals surface area contributed by atoms with Crippen molar-refractivity contribution in [3.8, 4) is 0 Å². The first-order valence-corrected chi connectivity index (χ1v) is 7.77. The van der Waals surface area contributed by atoms with Crippen LogP contribution < -0.4 is 10.8 Å². The van der Waals surface area contributed by atoms with Gasteiger partial charge in [0, 0.05) is 11.0 Å². The minimum Gasteiger partial charge on any atom is -0.349 e. The molecule has 0 fully saturated rings. The van der Waals surface area contributed by atoms with Crippen molar-refractivity contribution in [1.82, 2.24) is 10.8 Å². The van der Waals surface area contributed by atoms with Crippen LogP contribution in [0.2, 0.25) is 0 Å². The maximum Gasteiger partial charge on any atom is 0.274 e. The number of nitrogens with one attached hydrogen (secondary N) is 2. The average Bonchev–Trinajstić information content (AvgIpc) is 2.53. The van der Waals surface area contributed by atoms with E-state index >= 15 is 0 Å². The zero-order valence-corrected chi connectivity index (χ0v) is 13.4. The molecule has 1 aromatic rings. The number of hydrogen-bond donors (Lipinski definition) is 3. The van der Waals surface area contributed by atoms with Gasteiger partial charge < -0.3 is 5.32 Å². The van der Waals surface area contributed by atoms with Gasteiger partial charge in [0.15, 0.2) is 0 Å². The molecule has 120 valence electrons. The fraction of sp³-hybridized carbons (Fsp3) is 0.529. The lowest BCUT2D eigenvalue weighted by Crippen LogP contribution is -2.39. The summed E-state index contributed by atoms with van der Waals surface area (Å²) in [5.74, 6) is -0.453. The smallest absolute Gasteiger partial charge is 0.274 e. The van der Waals surface area contributed by atoms with Crippen molar-refractivity contribution < 1.29 is 14.8 Å². The molecule has 1 aliphatic carbocycles. The van der Waals surface area contributed by atoms with Gasteiger partial charge in [-0.3, -0.25) is 14.8 Å². The second-order valence-electron chi connectivity index (χ2n) is 6.51. The van der Waals surface area contributed by atoms with Crippen LogP contribution in [0.4, 0.5) is 0 Å². The second-order valence-corrected chi connectivity index (χ2v) is 6.51. The molecular formula is C17H24N2O3. The Bertz CT molecular complexity index is 581. The fourth-order valence-corrected chi connectivity index (χ4v) is 2.68. The first-order chi connectivity index (χ1) is 10.4. The van der Waals surface area contributed by atoms with E-state index in [1.165, 1.54) is 0 Å². The average molecular weight is 304 g/mol. The van der Waals surface area contributed by atoms with Gasteiger partial charge >= 0.3 is 0 Å². The first-order valence-electron chi connectivity index (χ1n) is 7.77. The number of rotatable bonds is 4. The minimum atomic E-state index is -0.513. The van der Waals surface area contributed by atoms with Crippen molar-refractivity contribution in [3.63, 3.8) is 0 Å². The van der Waals surface area contributed by atoms with E-state index in [2.05, 4.69) is 5.32 Å². The largest absolute Gasteiger partial charge is 0.349 e. The summed E-state index contributed by atoms with van der Waals surface area (Å²) in [5.41, 5.74) is 3.83. The summed E-state index contributed by atoms with van der Waals surface area (Å²) in [4.78, 5) is 23.9. The maximum absolute atomic E-state index is 12.4. The lowest BCUT2D eigenvalue weighted by atomic mass is 9.84. The number of fused-ring (bicyclic) bond motifs is 1. The second kappa shape index (κ2) is 6.48. The quantitative estimate of drug-likeness (QED) is 0.591. The molecule has 0 bridgehead atoms. The van der Waals surface area contributed by atoms with E-state index in [-0.39, 0.29) is 17.4 Å². The Kier molecular flexibility index (Phi) is 4.86. The molecule has 5 heteroatoms. The first kappa shape index (κ1) is 16.5. The number of benzene rings is 1. The Labute approximate surface area is 131 Å². The van der Waals surface area contributed by atoms with Crippen LogP contribution in [0.15, 0.2) is 18.2 Å². The number of carbonyl (C=O) groups excluding carboxylic acids is 2. The van der Waals surface area contributed by atoms with Crippen molar-refractivity contribution in [1.29, 1.82) is 0 Å². The highest BCUT2D eigenvalue weighted by molar-refractivity contribution is 5.93. The highest BCUT2D eigenvalue weighted by Gasteiger charge is 2.29. The molecule has 1 aromatic carbocycles. The third-order valence-electron chi connectivity index (χ3n) is 4.62. The summed E-state index contributed by atoms with van der Waals surface area (Å²) in [5, 5.41) is 11.9. The van der Waals surface area contributed by atoms with Gasteiger partial charge in [-0.25, -0.2) is 5.48 Å². The van der Waals surface area contributed by atoms with Crippen LogP contribution >= 0.6 is 0 Å². The Morgan fingerprint density at radius 3 is 2.73 bits per heavy atom. The van der Waals surface area contributed by atoms with Gasteiger partial charge in [0.2, 0.25) is 5.91 Å². The molecule has 0 heterocycles. The number of carbonyl (C=O) groups is 2. The molecule has 0 saturated carbocycles. The third kappa shape index (κ3) is 3.30. The van der Waals surface area contributed by atoms with E-state index in [1.807, 2.05) is 26.8 Å². The zero-order chi connectivity index (χ0) is 16.3. The van der Waals surface area contributed by atoms with Crippen LogP contribution in [0.1, 0.15) is 67.6 Å². The van der Waals surface area contributed by atoms with E-state index in [4.69, 9.17) is 5.21 Å². The van der Waals surface area contributed by atoms with Crippen LogP contribution in [0.25, 0.3) is 0 Å². The summed E-state index contributed by atoms with van der Waals surface area (Å²) in [7, 11) is 0. The SMILES string of the molecule is CCC(C)(C)C(=O)NC1CCCc2cc(C(=O)NO)ccc21. The van der Waals surface area contributed by atoms with Gasteiger partial charge in [-0.2, -0.15) is 0 Å². The molecule has 0 aliphatic heterocycles. The highest BCUT2D eigenvalue weighted by Crippen LogP contribution is 2.32.